The number of para-hydroxylation sites is 1. The van der Waals surface area contributed by atoms with Crippen LogP contribution in [-0.2, 0) is 11.2 Å². The van der Waals surface area contributed by atoms with E-state index in [1.165, 1.54) is 0 Å². The average molecular weight is 401 g/mol. The quantitative estimate of drug-likeness (QED) is 0.678. The highest BCUT2D eigenvalue weighted by Gasteiger charge is 2.20. The third kappa shape index (κ3) is 3.87. The molecule has 3 aromatic rings. The van der Waals surface area contributed by atoms with E-state index in [0.29, 0.717) is 24.6 Å². The second-order valence-electron chi connectivity index (χ2n) is 7.02. The first-order valence-electron chi connectivity index (χ1n) is 10.0. The van der Waals surface area contributed by atoms with Gasteiger partial charge in [0.2, 0.25) is 11.9 Å². The molecule has 0 bridgehead atoms. The van der Waals surface area contributed by atoms with Crippen molar-refractivity contribution in [3.63, 3.8) is 0 Å². The predicted molar refractivity (Wildman–Crippen MR) is 117 cm³/mol. The van der Waals surface area contributed by atoms with Crippen LogP contribution in [0.5, 0.6) is 0 Å². The number of nitrogens with zero attached hydrogens (tertiary/aromatic N) is 3. The number of hydrogen-bond donors (Lipinski definition) is 2. The number of hydrogen-bond acceptors (Lipinski definition) is 5. The van der Waals surface area contributed by atoms with Crippen LogP contribution in [0.4, 0.5) is 17.3 Å². The van der Waals surface area contributed by atoms with Crippen LogP contribution in [0.25, 0.3) is 11.3 Å². The van der Waals surface area contributed by atoms with E-state index in [1.807, 2.05) is 50.2 Å². The van der Waals surface area contributed by atoms with Crippen LogP contribution in [0.2, 0.25) is 0 Å². The van der Waals surface area contributed by atoms with E-state index >= 15 is 0 Å². The summed E-state index contributed by atoms with van der Waals surface area (Å²) in [4.78, 5) is 35.4. The second kappa shape index (κ2) is 8.32. The molecule has 1 aliphatic rings. The monoisotopic (exact) mass is 401 g/mol. The maximum absolute atomic E-state index is 12.5. The molecule has 0 unspecified atom stereocenters. The van der Waals surface area contributed by atoms with Gasteiger partial charge in [0.25, 0.3) is 5.91 Å². The number of aromatic nitrogens is 2. The minimum atomic E-state index is -0.0843. The van der Waals surface area contributed by atoms with Gasteiger partial charge in [0.05, 0.1) is 17.8 Å². The molecule has 1 aliphatic heterocycles. The van der Waals surface area contributed by atoms with Crippen molar-refractivity contribution >= 4 is 29.1 Å². The maximum atomic E-state index is 12.5. The smallest absolute Gasteiger partial charge is 0.253 e. The molecule has 0 aliphatic carbocycles. The Balaban J connectivity index is 1.60. The zero-order valence-electron chi connectivity index (χ0n) is 17.0. The summed E-state index contributed by atoms with van der Waals surface area (Å²) in [5.74, 6) is 0.362. The lowest BCUT2D eigenvalue weighted by Crippen LogP contribution is -2.30. The number of fused-ring (bicyclic) bond motifs is 3. The molecule has 0 saturated carbocycles. The van der Waals surface area contributed by atoms with Gasteiger partial charge in [-0.05, 0) is 44.2 Å². The van der Waals surface area contributed by atoms with E-state index in [-0.39, 0.29) is 18.2 Å². The van der Waals surface area contributed by atoms with Crippen molar-refractivity contribution in [3.05, 3.63) is 65.9 Å². The van der Waals surface area contributed by atoms with Gasteiger partial charge >= 0.3 is 0 Å². The van der Waals surface area contributed by atoms with Gasteiger partial charge in [-0.2, -0.15) is 0 Å². The third-order valence-electron chi connectivity index (χ3n) is 5.11. The molecule has 0 atom stereocenters. The van der Waals surface area contributed by atoms with E-state index in [0.717, 1.165) is 28.2 Å². The normalized spacial score (nSPS) is 12.3. The Hall–Kier alpha value is -3.74. The molecule has 0 saturated heterocycles. The van der Waals surface area contributed by atoms with Gasteiger partial charge in [-0.15, -0.1) is 0 Å². The summed E-state index contributed by atoms with van der Waals surface area (Å²) < 4.78 is 0. The van der Waals surface area contributed by atoms with Gasteiger partial charge in [-0.1, -0.05) is 18.2 Å². The van der Waals surface area contributed by atoms with E-state index in [1.54, 1.807) is 23.2 Å². The van der Waals surface area contributed by atoms with Crippen LogP contribution in [-0.4, -0.2) is 39.8 Å². The average Bonchev–Trinajstić information content (AvgIpc) is 2.90. The lowest BCUT2D eigenvalue weighted by molar-refractivity contribution is -0.115. The van der Waals surface area contributed by atoms with Crippen molar-refractivity contribution < 1.29 is 9.59 Å². The van der Waals surface area contributed by atoms with Crippen LogP contribution in [0.1, 0.15) is 29.8 Å². The Kier molecular flexibility index (Phi) is 5.43. The molecule has 30 heavy (non-hydrogen) atoms. The number of amides is 2. The predicted octanol–water partition coefficient (Wildman–Crippen LogP) is 3.86. The maximum Gasteiger partial charge on any atom is 0.253 e. The van der Waals surface area contributed by atoms with E-state index in [4.69, 9.17) is 0 Å². The van der Waals surface area contributed by atoms with Crippen LogP contribution >= 0.6 is 0 Å². The van der Waals surface area contributed by atoms with Crippen molar-refractivity contribution in [2.45, 2.75) is 20.3 Å². The Labute approximate surface area is 175 Å². The number of benzene rings is 2. The highest BCUT2D eigenvalue weighted by atomic mass is 16.2. The summed E-state index contributed by atoms with van der Waals surface area (Å²) in [6, 6.07) is 14.9. The third-order valence-corrected chi connectivity index (χ3v) is 5.11. The van der Waals surface area contributed by atoms with E-state index < -0.39 is 0 Å². The van der Waals surface area contributed by atoms with Crippen LogP contribution in [0.15, 0.2) is 54.7 Å². The Bertz CT molecular complexity index is 1090. The second-order valence-corrected chi connectivity index (χ2v) is 7.02. The van der Waals surface area contributed by atoms with Crippen molar-refractivity contribution in [3.8, 4) is 11.3 Å². The lowest BCUT2D eigenvalue weighted by atomic mass is 10.1. The summed E-state index contributed by atoms with van der Waals surface area (Å²) in [6.07, 6.45) is 1.91. The summed E-state index contributed by atoms with van der Waals surface area (Å²) in [7, 11) is 0. The minimum Gasteiger partial charge on any atom is -0.339 e. The lowest BCUT2D eigenvalue weighted by Gasteiger charge is -2.18. The Morgan fingerprint density at radius 1 is 1.10 bits per heavy atom. The van der Waals surface area contributed by atoms with E-state index in [2.05, 4.69) is 20.6 Å². The molecule has 0 fully saturated rings. The van der Waals surface area contributed by atoms with Crippen molar-refractivity contribution in [2.24, 2.45) is 0 Å². The van der Waals surface area contributed by atoms with Gasteiger partial charge < -0.3 is 15.5 Å². The molecule has 152 valence electrons. The standard InChI is InChI=1S/C23H23N5O2/c1-3-28(4-2)22(30)15-9-11-17(12-10-15)25-23-24-14-16-13-20(29)26-19-8-6-5-7-18(19)21(16)27-23/h5-12,14H,3-4,13H2,1-2H3,(H,26,29)(H,24,25,27). The minimum absolute atomic E-state index is 0.0154. The number of carbonyl (C=O) groups excluding carboxylic acids is 2. The fourth-order valence-electron chi connectivity index (χ4n) is 3.51. The molecule has 0 radical (unpaired) electrons. The largest absolute Gasteiger partial charge is 0.339 e. The molecule has 2 heterocycles. The van der Waals surface area contributed by atoms with Gasteiger partial charge in [0.1, 0.15) is 0 Å². The zero-order chi connectivity index (χ0) is 21.1. The molecule has 2 amide bonds. The first-order chi connectivity index (χ1) is 14.6. The summed E-state index contributed by atoms with van der Waals surface area (Å²) >= 11 is 0. The van der Waals surface area contributed by atoms with Crippen molar-refractivity contribution in [1.82, 2.24) is 14.9 Å². The zero-order valence-corrected chi connectivity index (χ0v) is 17.0. The highest BCUT2D eigenvalue weighted by molar-refractivity contribution is 6.00. The molecule has 2 N–H and O–H groups in total. The van der Waals surface area contributed by atoms with Crippen LogP contribution in [0.3, 0.4) is 0 Å². The fourth-order valence-corrected chi connectivity index (χ4v) is 3.51. The molecular weight excluding hydrogens is 378 g/mol. The van der Waals surface area contributed by atoms with Gasteiger partial charge in [-0.3, -0.25) is 9.59 Å². The summed E-state index contributed by atoms with van der Waals surface area (Å²) in [5, 5.41) is 6.10. The molecule has 2 aromatic carbocycles. The fraction of sp³-hybridized carbons (Fsp3) is 0.217. The highest BCUT2D eigenvalue weighted by Crippen LogP contribution is 2.32. The van der Waals surface area contributed by atoms with Gasteiger partial charge in [0, 0.05) is 41.7 Å². The van der Waals surface area contributed by atoms with E-state index in [9.17, 15) is 9.59 Å². The summed E-state index contributed by atoms with van der Waals surface area (Å²) in [5.41, 5.74) is 4.54. The number of carbonyl (C=O) groups is 2. The first kappa shape index (κ1) is 19.6. The summed E-state index contributed by atoms with van der Waals surface area (Å²) in [6.45, 7) is 5.29. The van der Waals surface area contributed by atoms with Crippen molar-refractivity contribution in [1.29, 1.82) is 0 Å². The topological polar surface area (TPSA) is 87.2 Å². The molecule has 0 spiro atoms. The van der Waals surface area contributed by atoms with Gasteiger partial charge in [0.15, 0.2) is 0 Å². The molecule has 7 nitrogen and oxygen atoms in total. The van der Waals surface area contributed by atoms with Crippen LogP contribution in [0, 0.1) is 0 Å². The number of anilines is 3. The molecular formula is C23H23N5O2. The SMILES string of the molecule is CCN(CC)C(=O)c1ccc(Nc2ncc3c(n2)-c2ccccc2NC(=O)C3)cc1. The number of rotatable bonds is 5. The molecule has 7 heteroatoms. The Morgan fingerprint density at radius 2 is 1.83 bits per heavy atom. The Morgan fingerprint density at radius 3 is 2.57 bits per heavy atom. The van der Waals surface area contributed by atoms with Crippen molar-refractivity contribution in [2.75, 3.05) is 23.7 Å². The first-order valence-corrected chi connectivity index (χ1v) is 10.0. The van der Waals surface area contributed by atoms with Gasteiger partial charge in [-0.25, -0.2) is 9.97 Å². The number of nitrogens with one attached hydrogen (secondary N) is 2. The van der Waals surface area contributed by atoms with Crippen LogP contribution < -0.4 is 10.6 Å². The molecule has 4 rings (SSSR count). The molecule has 1 aromatic heterocycles.